The Bertz CT molecular complexity index is 533. The fourth-order valence-electron chi connectivity index (χ4n) is 2.87. The van der Waals surface area contributed by atoms with Crippen LogP contribution in [0.15, 0.2) is 24.3 Å². The van der Waals surface area contributed by atoms with Crippen LogP contribution in [0.3, 0.4) is 0 Å². The Labute approximate surface area is 141 Å². The molecule has 1 amide bonds. The second kappa shape index (κ2) is 8.89. The van der Waals surface area contributed by atoms with Crippen molar-refractivity contribution in [2.45, 2.75) is 26.3 Å². The molecule has 2 N–H and O–H groups in total. The van der Waals surface area contributed by atoms with Crippen LogP contribution in [0.25, 0.3) is 0 Å². The number of ether oxygens (including phenoxy) is 1. The summed E-state index contributed by atoms with van der Waals surface area (Å²) in [5, 5.41) is 3.60. The molecule has 1 aromatic carbocycles. The molecule has 6 heteroatoms. The van der Waals surface area contributed by atoms with Gasteiger partial charge in [0.1, 0.15) is 5.92 Å². The third-order valence-electron chi connectivity index (χ3n) is 4.05. The second-order valence-electron chi connectivity index (χ2n) is 5.88. The van der Waals surface area contributed by atoms with Crippen LogP contribution in [0, 0.1) is 5.92 Å². The number of rotatable bonds is 6. The van der Waals surface area contributed by atoms with Crippen LogP contribution in [-0.4, -0.2) is 38.1 Å². The zero-order chi connectivity index (χ0) is 16.7. The molecule has 1 unspecified atom stereocenters. The number of piperidine rings is 1. The number of esters is 1. The standard InChI is InChI=1S/C17H23ClN2O3/c1-2-23-17(22)14-4-3-9-20(11-14)12-16(21)19-10-13-5-7-15(18)8-6-13/h5-8,14H,2-4,9-12H2,1H3,(H,19,21)/p+1/t14-/m0/s1. The molecule has 0 spiro atoms. The van der Waals surface area contributed by atoms with Gasteiger partial charge in [0, 0.05) is 11.6 Å². The predicted molar refractivity (Wildman–Crippen MR) is 88.2 cm³/mol. The summed E-state index contributed by atoms with van der Waals surface area (Å²) >= 11 is 5.84. The number of carbonyl (C=O) groups is 2. The van der Waals surface area contributed by atoms with Crippen LogP contribution in [0.2, 0.25) is 5.02 Å². The molecule has 1 aromatic rings. The lowest BCUT2D eigenvalue weighted by atomic mass is 9.98. The molecule has 0 radical (unpaired) electrons. The Hall–Kier alpha value is -1.59. The first-order valence-corrected chi connectivity index (χ1v) is 8.47. The molecule has 2 rings (SSSR count). The molecule has 0 aliphatic carbocycles. The molecule has 0 bridgehead atoms. The maximum atomic E-state index is 12.1. The molecule has 23 heavy (non-hydrogen) atoms. The van der Waals surface area contributed by atoms with Crippen LogP contribution in [-0.2, 0) is 20.9 Å². The molecule has 126 valence electrons. The van der Waals surface area contributed by atoms with E-state index in [1.165, 1.54) is 0 Å². The first-order valence-electron chi connectivity index (χ1n) is 8.09. The van der Waals surface area contributed by atoms with Gasteiger partial charge in [0.2, 0.25) is 0 Å². The fourth-order valence-corrected chi connectivity index (χ4v) is 2.99. The number of amides is 1. The van der Waals surface area contributed by atoms with Gasteiger partial charge in [-0.3, -0.25) is 9.59 Å². The summed E-state index contributed by atoms with van der Waals surface area (Å²) in [6, 6.07) is 7.41. The van der Waals surface area contributed by atoms with Crippen molar-refractivity contribution in [3.8, 4) is 0 Å². The molecular formula is C17H24ClN2O3+. The quantitative estimate of drug-likeness (QED) is 0.754. The van der Waals surface area contributed by atoms with Crippen LogP contribution in [0.1, 0.15) is 25.3 Å². The largest absolute Gasteiger partial charge is 0.466 e. The molecule has 0 aromatic heterocycles. The zero-order valence-corrected chi connectivity index (χ0v) is 14.2. The summed E-state index contributed by atoms with van der Waals surface area (Å²) in [5.74, 6) is -0.214. The van der Waals surface area contributed by atoms with Crippen LogP contribution >= 0.6 is 11.6 Å². The van der Waals surface area contributed by atoms with Crippen molar-refractivity contribution >= 4 is 23.5 Å². The smallest absolute Gasteiger partial charge is 0.314 e. The van der Waals surface area contributed by atoms with E-state index in [0.717, 1.165) is 29.8 Å². The summed E-state index contributed by atoms with van der Waals surface area (Å²) in [6.45, 7) is 4.70. The number of quaternary nitrogens is 1. The van der Waals surface area contributed by atoms with E-state index in [1.54, 1.807) is 0 Å². The van der Waals surface area contributed by atoms with Gasteiger partial charge in [0.25, 0.3) is 5.91 Å². The minimum atomic E-state index is -0.133. The van der Waals surface area contributed by atoms with Crippen LogP contribution in [0.4, 0.5) is 0 Å². The Morgan fingerprint density at radius 1 is 1.35 bits per heavy atom. The Morgan fingerprint density at radius 2 is 2.09 bits per heavy atom. The van der Waals surface area contributed by atoms with Gasteiger partial charge >= 0.3 is 5.97 Å². The molecular weight excluding hydrogens is 316 g/mol. The average molecular weight is 340 g/mol. The molecule has 1 saturated heterocycles. The highest BCUT2D eigenvalue weighted by atomic mass is 35.5. The lowest BCUT2D eigenvalue weighted by molar-refractivity contribution is -0.899. The fraction of sp³-hybridized carbons (Fsp3) is 0.529. The van der Waals surface area contributed by atoms with Crippen molar-refractivity contribution in [2.24, 2.45) is 5.92 Å². The Morgan fingerprint density at radius 3 is 2.78 bits per heavy atom. The van der Waals surface area contributed by atoms with E-state index < -0.39 is 0 Å². The van der Waals surface area contributed by atoms with Gasteiger partial charge in [0.15, 0.2) is 6.54 Å². The number of nitrogens with one attached hydrogen (secondary N) is 2. The molecule has 2 atom stereocenters. The summed E-state index contributed by atoms with van der Waals surface area (Å²) in [5.41, 5.74) is 1.01. The molecule has 5 nitrogen and oxygen atoms in total. The second-order valence-corrected chi connectivity index (χ2v) is 6.31. The first kappa shape index (κ1) is 17.8. The van der Waals surface area contributed by atoms with Gasteiger partial charge in [-0.25, -0.2) is 0 Å². The normalized spacial score (nSPS) is 20.8. The van der Waals surface area contributed by atoms with Gasteiger partial charge in [-0.1, -0.05) is 23.7 Å². The van der Waals surface area contributed by atoms with E-state index in [9.17, 15) is 9.59 Å². The van der Waals surface area contributed by atoms with Gasteiger partial charge in [-0.05, 0) is 37.5 Å². The van der Waals surface area contributed by atoms with Crippen molar-refractivity contribution in [2.75, 3.05) is 26.2 Å². The zero-order valence-electron chi connectivity index (χ0n) is 13.4. The monoisotopic (exact) mass is 339 g/mol. The highest BCUT2D eigenvalue weighted by Gasteiger charge is 2.30. The van der Waals surface area contributed by atoms with E-state index >= 15 is 0 Å². The summed E-state index contributed by atoms with van der Waals surface area (Å²) in [6.07, 6.45) is 1.80. The number of benzene rings is 1. The van der Waals surface area contributed by atoms with E-state index in [0.29, 0.717) is 31.3 Å². The topological polar surface area (TPSA) is 59.8 Å². The number of hydrogen-bond acceptors (Lipinski definition) is 3. The van der Waals surface area contributed by atoms with Gasteiger partial charge in [0.05, 0.1) is 19.7 Å². The SMILES string of the molecule is CCOC(=O)[C@H]1CCC[NH+](CC(=O)NCc2ccc(Cl)cc2)C1. The third-order valence-corrected chi connectivity index (χ3v) is 4.30. The summed E-state index contributed by atoms with van der Waals surface area (Å²) in [4.78, 5) is 25.0. The highest BCUT2D eigenvalue weighted by molar-refractivity contribution is 6.30. The number of hydrogen-bond donors (Lipinski definition) is 2. The summed E-state index contributed by atoms with van der Waals surface area (Å²) < 4.78 is 5.09. The Balaban J connectivity index is 1.76. The summed E-state index contributed by atoms with van der Waals surface area (Å²) in [7, 11) is 0. The predicted octanol–water partition coefficient (Wildman–Crippen LogP) is 0.814. The Kier molecular flexibility index (Phi) is 6.86. The maximum absolute atomic E-state index is 12.1. The minimum Gasteiger partial charge on any atom is -0.466 e. The minimum absolute atomic E-state index is 0.000501. The van der Waals surface area contributed by atoms with Gasteiger partial charge in [-0.15, -0.1) is 0 Å². The van der Waals surface area contributed by atoms with E-state index in [-0.39, 0.29) is 17.8 Å². The van der Waals surface area contributed by atoms with Crippen LogP contribution in [0.5, 0.6) is 0 Å². The maximum Gasteiger partial charge on any atom is 0.314 e. The average Bonchev–Trinajstić information content (AvgIpc) is 2.55. The third kappa shape index (κ3) is 5.84. The first-order chi connectivity index (χ1) is 11.1. The molecule has 1 aliphatic heterocycles. The van der Waals surface area contributed by atoms with E-state index in [1.807, 2.05) is 31.2 Å². The van der Waals surface area contributed by atoms with Gasteiger partial charge in [-0.2, -0.15) is 0 Å². The number of carbonyl (C=O) groups excluding carboxylic acids is 2. The number of halogens is 1. The van der Waals surface area contributed by atoms with Crippen LogP contribution < -0.4 is 10.2 Å². The van der Waals surface area contributed by atoms with Crippen molar-refractivity contribution < 1.29 is 19.2 Å². The molecule has 1 heterocycles. The van der Waals surface area contributed by atoms with Crippen molar-refractivity contribution in [3.05, 3.63) is 34.9 Å². The highest BCUT2D eigenvalue weighted by Crippen LogP contribution is 2.10. The lowest BCUT2D eigenvalue weighted by Crippen LogP contribution is -3.14. The van der Waals surface area contributed by atoms with E-state index in [4.69, 9.17) is 16.3 Å². The lowest BCUT2D eigenvalue weighted by Gasteiger charge is -2.28. The molecule has 1 fully saturated rings. The number of likely N-dealkylation sites (tertiary alicyclic amines) is 1. The van der Waals surface area contributed by atoms with Gasteiger partial charge < -0.3 is 15.0 Å². The molecule has 1 aliphatic rings. The van der Waals surface area contributed by atoms with E-state index in [2.05, 4.69) is 5.32 Å². The van der Waals surface area contributed by atoms with Crippen molar-refractivity contribution in [1.29, 1.82) is 0 Å². The van der Waals surface area contributed by atoms with Crippen molar-refractivity contribution in [3.63, 3.8) is 0 Å². The van der Waals surface area contributed by atoms with Crippen molar-refractivity contribution in [1.82, 2.24) is 5.32 Å². The molecule has 0 saturated carbocycles.